The summed E-state index contributed by atoms with van der Waals surface area (Å²) in [6.45, 7) is 6.43. The molecule has 1 heterocycles. The van der Waals surface area contributed by atoms with Crippen molar-refractivity contribution in [2.75, 3.05) is 13.7 Å². The molecule has 0 unspecified atom stereocenters. The van der Waals surface area contributed by atoms with Gasteiger partial charge in [-0.2, -0.15) is 4.80 Å². The van der Waals surface area contributed by atoms with Gasteiger partial charge in [-0.1, -0.05) is 26.0 Å². The van der Waals surface area contributed by atoms with E-state index in [0.717, 1.165) is 12.0 Å². The van der Waals surface area contributed by atoms with E-state index in [1.807, 2.05) is 12.1 Å². The highest BCUT2D eigenvalue weighted by Gasteiger charge is 2.27. The van der Waals surface area contributed by atoms with E-state index in [4.69, 9.17) is 4.74 Å². The number of nitrogens with zero attached hydrogens (tertiary/aromatic N) is 5. The molecule has 186 valence electrons. The van der Waals surface area contributed by atoms with E-state index < -0.39 is 6.04 Å². The van der Waals surface area contributed by atoms with Crippen LogP contribution in [0, 0.1) is 11.7 Å². The number of aromatic nitrogens is 4. The van der Waals surface area contributed by atoms with Gasteiger partial charge in [0.2, 0.25) is 17.6 Å². The molecule has 3 aromatic rings. The Morgan fingerprint density at radius 2 is 1.77 bits per heavy atom. The van der Waals surface area contributed by atoms with E-state index >= 15 is 0 Å². The van der Waals surface area contributed by atoms with Gasteiger partial charge in [0, 0.05) is 18.7 Å². The van der Waals surface area contributed by atoms with Crippen LogP contribution in [0.3, 0.4) is 0 Å². The lowest BCUT2D eigenvalue weighted by Gasteiger charge is -2.28. The molecule has 0 aliphatic rings. The molecule has 1 N–H and O–H groups in total. The first-order chi connectivity index (χ1) is 16.8. The molecule has 0 fully saturated rings. The maximum absolute atomic E-state index is 13.3. The van der Waals surface area contributed by atoms with Crippen LogP contribution < -0.4 is 10.1 Å². The van der Waals surface area contributed by atoms with Crippen molar-refractivity contribution in [3.63, 3.8) is 0 Å². The van der Waals surface area contributed by atoms with Crippen LogP contribution in [0.1, 0.15) is 32.8 Å². The largest absolute Gasteiger partial charge is 0.497 e. The summed E-state index contributed by atoms with van der Waals surface area (Å²) in [5.41, 5.74) is 1.43. The van der Waals surface area contributed by atoms with Gasteiger partial charge in [-0.25, -0.2) is 4.39 Å². The third-order valence-electron chi connectivity index (χ3n) is 5.53. The van der Waals surface area contributed by atoms with E-state index in [1.165, 1.54) is 34.0 Å². The van der Waals surface area contributed by atoms with E-state index in [1.54, 1.807) is 26.2 Å². The van der Waals surface area contributed by atoms with Gasteiger partial charge in [-0.3, -0.25) is 9.59 Å². The van der Waals surface area contributed by atoms with E-state index in [2.05, 4.69) is 34.6 Å². The molecule has 10 heteroatoms. The number of halogens is 1. The lowest BCUT2D eigenvalue weighted by molar-refractivity contribution is -0.141. The fourth-order valence-corrected chi connectivity index (χ4v) is 3.38. The van der Waals surface area contributed by atoms with Crippen LogP contribution in [0.25, 0.3) is 11.4 Å². The molecule has 2 aromatic carbocycles. The van der Waals surface area contributed by atoms with Crippen LogP contribution in [0.2, 0.25) is 0 Å². The molecule has 0 aliphatic heterocycles. The second-order valence-corrected chi connectivity index (χ2v) is 8.67. The zero-order valence-corrected chi connectivity index (χ0v) is 20.4. The molecule has 1 atom stereocenters. The number of hydrogen-bond donors (Lipinski definition) is 1. The van der Waals surface area contributed by atoms with E-state index in [-0.39, 0.29) is 36.5 Å². The van der Waals surface area contributed by atoms with Crippen molar-refractivity contribution in [2.24, 2.45) is 5.92 Å². The summed E-state index contributed by atoms with van der Waals surface area (Å²) < 4.78 is 18.4. The Hall–Kier alpha value is -3.82. The zero-order valence-electron chi connectivity index (χ0n) is 20.4. The molecule has 1 aromatic heterocycles. The van der Waals surface area contributed by atoms with Gasteiger partial charge in [0.1, 0.15) is 24.2 Å². The van der Waals surface area contributed by atoms with Crippen LogP contribution in [-0.4, -0.2) is 56.6 Å². The first kappa shape index (κ1) is 25.8. The van der Waals surface area contributed by atoms with Crippen molar-refractivity contribution < 1.29 is 18.7 Å². The Labute approximate surface area is 204 Å². The van der Waals surface area contributed by atoms with Gasteiger partial charge in [0.15, 0.2) is 0 Å². The topological polar surface area (TPSA) is 102 Å². The average Bonchev–Trinajstić information content (AvgIpc) is 3.30. The van der Waals surface area contributed by atoms with Crippen molar-refractivity contribution in [3.05, 3.63) is 59.9 Å². The van der Waals surface area contributed by atoms with Gasteiger partial charge >= 0.3 is 0 Å². The van der Waals surface area contributed by atoms with Gasteiger partial charge in [0.25, 0.3) is 0 Å². The number of tetrazole rings is 1. The van der Waals surface area contributed by atoms with Gasteiger partial charge in [-0.05, 0) is 66.4 Å². The molecule has 35 heavy (non-hydrogen) atoms. The number of carbonyl (C=O) groups is 2. The highest BCUT2D eigenvalue weighted by atomic mass is 19.1. The molecule has 0 saturated carbocycles. The van der Waals surface area contributed by atoms with Crippen molar-refractivity contribution in [1.29, 1.82) is 0 Å². The number of carbonyl (C=O) groups excluding carboxylic acids is 2. The predicted molar refractivity (Wildman–Crippen MR) is 129 cm³/mol. The number of methoxy groups -OCH3 is 1. The Balaban J connectivity index is 1.75. The van der Waals surface area contributed by atoms with Crippen molar-refractivity contribution >= 4 is 11.8 Å². The number of rotatable bonds is 11. The summed E-state index contributed by atoms with van der Waals surface area (Å²) in [6.07, 6.45) is 0.847. The van der Waals surface area contributed by atoms with Crippen molar-refractivity contribution in [3.8, 4) is 17.1 Å². The minimum absolute atomic E-state index is 0.200. The number of ether oxygens (including phenoxy) is 1. The van der Waals surface area contributed by atoms with Gasteiger partial charge in [-0.15, -0.1) is 10.2 Å². The molecule has 0 radical (unpaired) electrons. The van der Waals surface area contributed by atoms with Crippen LogP contribution in [-0.2, 0) is 22.7 Å². The summed E-state index contributed by atoms with van der Waals surface area (Å²) in [7, 11) is 1.58. The third-order valence-corrected chi connectivity index (χ3v) is 5.53. The highest BCUT2D eigenvalue weighted by Crippen LogP contribution is 2.16. The van der Waals surface area contributed by atoms with Gasteiger partial charge < -0.3 is 15.0 Å². The Bertz CT molecular complexity index is 1110. The quantitative estimate of drug-likeness (QED) is 0.451. The van der Waals surface area contributed by atoms with Crippen LogP contribution >= 0.6 is 0 Å². The maximum Gasteiger partial charge on any atom is 0.247 e. The second-order valence-electron chi connectivity index (χ2n) is 8.67. The lowest BCUT2D eigenvalue weighted by atomic mass is 10.1. The average molecular weight is 483 g/mol. The van der Waals surface area contributed by atoms with E-state index in [9.17, 15) is 14.0 Å². The first-order valence-corrected chi connectivity index (χ1v) is 11.5. The molecule has 9 nitrogen and oxygen atoms in total. The monoisotopic (exact) mass is 482 g/mol. The standard InChI is InChI=1S/C25H31FN6O3/c1-17(2)13-14-27-25(34)18(3)31(15-19-5-11-22(35-4)12-6-19)23(33)16-32-29-24(28-30-32)20-7-9-21(26)10-8-20/h5-12,17-18H,13-16H2,1-4H3,(H,27,34)/t18-/m0/s1. The normalized spacial score (nSPS) is 11.8. The Morgan fingerprint density at radius 3 is 2.40 bits per heavy atom. The van der Waals surface area contributed by atoms with Crippen molar-refractivity contribution in [1.82, 2.24) is 30.4 Å². The SMILES string of the molecule is COc1ccc(CN(C(=O)Cn2nnc(-c3ccc(F)cc3)n2)[C@@H](C)C(=O)NCCC(C)C)cc1. The van der Waals surface area contributed by atoms with E-state index in [0.29, 0.717) is 23.8 Å². The zero-order chi connectivity index (χ0) is 25.4. The summed E-state index contributed by atoms with van der Waals surface area (Å²) in [5, 5.41) is 15.1. The predicted octanol–water partition coefficient (Wildman–Crippen LogP) is 3.07. The minimum Gasteiger partial charge on any atom is -0.497 e. The molecular formula is C25H31FN6O3. The summed E-state index contributed by atoms with van der Waals surface area (Å²) in [4.78, 5) is 28.8. The molecule has 0 spiro atoms. The molecule has 0 bridgehead atoms. The fraction of sp³-hybridized carbons (Fsp3) is 0.400. The second kappa shape index (κ2) is 12.0. The minimum atomic E-state index is -0.711. The highest BCUT2D eigenvalue weighted by molar-refractivity contribution is 5.87. The molecular weight excluding hydrogens is 451 g/mol. The fourth-order valence-electron chi connectivity index (χ4n) is 3.38. The van der Waals surface area contributed by atoms with Gasteiger partial charge in [0.05, 0.1) is 7.11 Å². The molecule has 2 amide bonds. The van der Waals surface area contributed by atoms with Crippen LogP contribution in [0.5, 0.6) is 5.75 Å². The number of benzene rings is 2. The third kappa shape index (κ3) is 7.33. The Kier molecular flexibility index (Phi) is 8.88. The number of amides is 2. The summed E-state index contributed by atoms with van der Waals surface area (Å²) in [5.74, 6) is 0.495. The Morgan fingerprint density at radius 1 is 1.09 bits per heavy atom. The first-order valence-electron chi connectivity index (χ1n) is 11.5. The number of hydrogen-bond acceptors (Lipinski definition) is 6. The molecule has 0 aliphatic carbocycles. The lowest BCUT2D eigenvalue weighted by Crippen LogP contribution is -2.49. The summed E-state index contributed by atoms with van der Waals surface area (Å²) in [6, 6.07) is 12.3. The summed E-state index contributed by atoms with van der Waals surface area (Å²) >= 11 is 0. The maximum atomic E-state index is 13.3. The molecule has 0 saturated heterocycles. The van der Waals surface area contributed by atoms with Crippen LogP contribution in [0.4, 0.5) is 4.39 Å². The smallest absolute Gasteiger partial charge is 0.247 e. The molecule has 3 rings (SSSR count). The number of nitrogens with one attached hydrogen (secondary N) is 1. The van der Waals surface area contributed by atoms with Crippen LogP contribution in [0.15, 0.2) is 48.5 Å². The van der Waals surface area contributed by atoms with Crippen molar-refractivity contribution in [2.45, 2.75) is 46.3 Å².